The quantitative estimate of drug-likeness (QED) is 0.497. The number of furan rings is 1. The molecule has 0 bridgehead atoms. The molecule has 0 saturated heterocycles. The van der Waals surface area contributed by atoms with E-state index in [1.54, 1.807) is 41.4 Å². The lowest BCUT2D eigenvalue weighted by Gasteiger charge is -2.11. The normalized spacial score (nSPS) is 11.3. The Morgan fingerprint density at radius 3 is 2.79 bits per heavy atom. The second-order valence-corrected chi connectivity index (χ2v) is 7.30. The zero-order valence-corrected chi connectivity index (χ0v) is 16.5. The first-order valence-corrected chi connectivity index (χ1v) is 9.31. The van der Waals surface area contributed by atoms with Gasteiger partial charge in [-0.3, -0.25) is 4.79 Å². The van der Waals surface area contributed by atoms with E-state index >= 15 is 0 Å². The Hall–Kier alpha value is -3.12. The summed E-state index contributed by atoms with van der Waals surface area (Å²) >= 11 is 6.09. The zero-order chi connectivity index (χ0) is 19.8. The Morgan fingerprint density at radius 1 is 1.25 bits per heavy atom. The van der Waals surface area contributed by atoms with E-state index in [1.807, 2.05) is 32.9 Å². The lowest BCUT2D eigenvalue weighted by atomic mass is 10.1. The molecule has 0 spiro atoms. The minimum atomic E-state index is -0.256. The van der Waals surface area contributed by atoms with Gasteiger partial charge < -0.3 is 9.73 Å². The molecule has 28 heavy (non-hydrogen) atoms. The van der Waals surface area contributed by atoms with Gasteiger partial charge in [-0.25, -0.2) is 9.67 Å². The van der Waals surface area contributed by atoms with Crippen LogP contribution in [0.3, 0.4) is 0 Å². The van der Waals surface area contributed by atoms with Crippen molar-refractivity contribution in [3.8, 4) is 11.5 Å². The van der Waals surface area contributed by atoms with E-state index < -0.39 is 0 Å². The molecule has 0 aliphatic carbocycles. The van der Waals surface area contributed by atoms with Gasteiger partial charge >= 0.3 is 0 Å². The molecule has 3 heterocycles. The summed E-state index contributed by atoms with van der Waals surface area (Å²) in [5.74, 6) is 0.334. The molecule has 3 aromatic heterocycles. The van der Waals surface area contributed by atoms with Crippen LogP contribution in [0.2, 0.25) is 5.02 Å². The Bertz CT molecular complexity index is 1160. The highest BCUT2D eigenvalue weighted by molar-refractivity contribution is 6.31. The number of nitrogens with zero attached hydrogens (tertiary/aromatic N) is 3. The molecule has 0 aliphatic heterocycles. The summed E-state index contributed by atoms with van der Waals surface area (Å²) in [4.78, 5) is 17.8. The molecule has 4 rings (SSSR count). The Labute approximate surface area is 167 Å². The number of halogens is 1. The number of carbonyl (C=O) groups is 1. The standard InChI is InChI=1S/C21H19ClN4O2/c1-12(2)26-20-16(11-23-26)15(10-18(24-20)19-5-4-8-28-19)21(27)25-17-9-14(22)7-6-13(17)3/h4-12H,1-3H3,(H,25,27). The molecule has 0 saturated carbocycles. The monoisotopic (exact) mass is 394 g/mol. The van der Waals surface area contributed by atoms with Gasteiger partial charge in [-0.2, -0.15) is 5.10 Å². The summed E-state index contributed by atoms with van der Waals surface area (Å²) in [5.41, 5.74) is 3.28. The number of fused-ring (bicyclic) bond motifs is 1. The number of rotatable bonds is 4. The van der Waals surface area contributed by atoms with E-state index in [4.69, 9.17) is 16.0 Å². The van der Waals surface area contributed by atoms with Crippen molar-refractivity contribution in [2.24, 2.45) is 0 Å². The summed E-state index contributed by atoms with van der Waals surface area (Å²) in [6.07, 6.45) is 3.25. The maximum Gasteiger partial charge on any atom is 0.256 e. The van der Waals surface area contributed by atoms with Crippen molar-refractivity contribution < 1.29 is 9.21 Å². The minimum absolute atomic E-state index is 0.0999. The van der Waals surface area contributed by atoms with Crippen molar-refractivity contribution in [1.29, 1.82) is 0 Å². The molecule has 0 unspecified atom stereocenters. The zero-order valence-electron chi connectivity index (χ0n) is 15.7. The fraction of sp³-hybridized carbons (Fsp3) is 0.190. The van der Waals surface area contributed by atoms with Gasteiger partial charge in [-0.1, -0.05) is 17.7 Å². The van der Waals surface area contributed by atoms with Gasteiger partial charge in [0.15, 0.2) is 11.4 Å². The summed E-state index contributed by atoms with van der Waals surface area (Å²) in [7, 11) is 0. The molecular formula is C21H19ClN4O2. The van der Waals surface area contributed by atoms with Gasteiger partial charge in [0.1, 0.15) is 5.69 Å². The summed E-state index contributed by atoms with van der Waals surface area (Å²) in [6.45, 7) is 5.95. The van der Waals surface area contributed by atoms with Crippen LogP contribution < -0.4 is 5.32 Å². The van der Waals surface area contributed by atoms with Gasteiger partial charge in [0.25, 0.3) is 5.91 Å². The summed E-state index contributed by atoms with van der Waals surface area (Å²) < 4.78 is 7.29. The SMILES string of the molecule is Cc1ccc(Cl)cc1NC(=O)c1cc(-c2ccco2)nc2c1cnn2C(C)C. The molecule has 6 nitrogen and oxygen atoms in total. The number of benzene rings is 1. The van der Waals surface area contributed by atoms with Crippen LogP contribution in [0.25, 0.3) is 22.5 Å². The lowest BCUT2D eigenvalue weighted by molar-refractivity contribution is 0.102. The number of hydrogen-bond acceptors (Lipinski definition) is 4. The van der Waals surface area contributed by atoms with Crippen molar-refractivity contribution in [2.45, 2.75) is 26.8 Å². The molecule has 0 atom stereocenters. The van der Waals surface area contributed by atoms with Gasteiger partial charge in [0.05, 0.1) is 23.4 Å². The molecule has 0 fully saturated rings. The molecule has 4 aromatic rings. The second-order valence-electron chi connectivity index (χ2n) is 6.87. The third-order valence-electron chi connectivity index (χ3n) is 4.52. The van der Waals surface area contributed by atoms with E-state index in [0.29, 0.717) is 38.8 Å². The first-order chi connectivity index (χ1) is 13.4. The average Bonchev–Trinajstić information content (AvgIpc) is 3.33. The van der Waals surface area contributed by atoms with Crippen LogP contribution in [0.1, 0.15) is 35.8 Å². The summed E-state index contributed by atoms with van der Waals surface area (Å²) in [5, 5.41) is 8.61. The van der Waals surface area contributed by atoms with E-state index in [2.05, 4.69) is 15.4 Å². The van der Waals surface area contributed by atoms with Crippen molar-refractivity contribution in [1.82, 2.24) is 14.8 Å². The van der Waals surface area contributed by atoms with Crippen LogP contribution in [0.4, 0.5) is 5.69 Å². The molecule has 1 amide bonds. The van der Waals surface area contributed by atoms with E-state index in [0.717, 1.165) is 5.56 Å². The molecule has 1 N–H and O–H groups in total. The van der Waals surface area contributed by atoms with Crippen LogP contribution in [0.15, 0.2) is 53.3 Å². The predicted octanol–water partition coefficient (Wildman–Crippen LogP) is 5.49. The molecule has 142 valence electrons. The minimum Gasteiger partial charge on any atom is -0.463 e. The largest absolute Gasteiger partial charge is 0.463 e. The number of aromatic nitrogens is 3. The van der Waals surface area contributed by atoms with Crippen molar-refractivity contribution in [2.75, 3.05) is 5.32 Å². The van der Waals surface area contributed by atoms with E-state index in [9.17, 15) is 4.79 Å². The van der Waals surface area contributed by atoms with Crippen LogP contribution in [-0.4, -0.2) is 20.7 Å². The Morgan fingerprint density at radius 2 is 2.07 bits per heavy atom. The molecular weight excluding hydrogens is 376 g/mol. The van der Waals surface area contributed by atoms with Gasteiger partial charge in [0.2, 0.25) is 0 Å². The van der Waals surface area contributed by atoms with E-state index in [1.165, 1.54) is 0 Å². The van der Waals surface area contributed by atoms with Gasteiger partial charge in [0, 0.05) is 16.8 Å². The number of pyridine rings is 1. The van der Waals surface area contributed by atoms with Crippen molar-refractivity contribution in [3.63, 3.8) is 0 Å². The van der Waals surface area contributed by atoms with Crippen LogP contribution in [-0.2, 0) is 0 Å². The molecule has 1 aromatic carbocycles. The number of aryl methyl sites for hydroxylation is 1. The smallest absolute Gasteiger partial charge is 0.256 e. The molecule has 0 aliphatic rings. The van der Waals surface area contributed by atoms with Crippen molar-refractivity contribution >= 4 is 34.2 Å². The maximum absolute atomic E-state index is 13.1. The molecule has 7 heteroatoms. The van der Waals surface area contributed by atoms with Gasteiger partial charge in [-0.05, 0) is 56.7 Å². The lowest BCUT2D eigenvalue weighted by Crippen LogP contribution is -2.14. The average molecular weight is 395 g/mol. The van der Waals surface area contributed by atoms with Crippen LogP contribution >= 0.6 is 11.6 Å². The molecule has 0 radical (unpaired) electrons. The number of hydrogen-bond donors (Lipinski definition) is 1. The first-order valence-electron chi connectivity index (χ1n) is 8.93. The highest BCUT2D eigenvalue weighted by Gasteiger charge is 2.20. The van der Waals surface area contributed by atoms with Gasteiger partial charge in [-0.15, -0.1) is 0 Å². The topological polar surface area (TPSA) is 73.0 Å². The van der Waals surface area contributed by atoms with Crippen LogP contribution in [0.5, 0.6) is 0 Å². The van der Waals surface area contributed by atoms with E-state index in [-0.39, 0.29) is 11.9 Å². The third kappa shape index (κ3) is 3.27. The predicted molar refractivity (Wildman–Crippen MR) is 110 cm³/mol. The fourth-order valence-electron chi connectivity index (χ4n) is 3.05. The summed E-state index contributed by atoms with van der Waals surface area (Å²) in [6, 6.07) is 10.8. The first kappa shape index (κ1) is 18.3. The van der Waals surface area contributed by atoms with Crippen LogP contribution in [0, 0.1) is 6.92 Å². The third-order valence-corrected chi connectivity index (χ3v) is 4.76. The second kappa shape index (κ2) is 7.13. The Kier molecular flexibility index (Phi) is 4.65. The number of carbonyl (C=O) groups excluding carboxylic acids is 1. The van der Waals surface area contributed by atoms with Crippen molar-refractivity contribution in [3.05, 3.63) is 65.0 Å². The highest BCUT2D eigenvalue weighted by atomic mass is 35.5. The fourth-order valence-corrected chi connectivity index (χ4v) is 3.22. The number of nitrogens with one attached hydrogen (secondary N) is 1. The Balaban J connectivity index is 1.85. The number of amides is 1. The number of anilines is 1. The highest BCUT2D eigenvalue weighted by Crippen LogP contribution is 2.28. The maximum atomic E-state index is 13.1.